The first-order chi connectivity index (χ1) is 14.8. The Balaban J connectivity index is 1.40. The monoisotopic (exact) mass is 419 g/mol. The quantitative estimate of drug-likeness (QED) is 0.537. The molecule has 1 aliphatic heterocycles. The van der Waals surface area contributed by atoms with Crippen molar-refractivity contribution < 1.29 is 9.53 Å². The van der Waals surface area contributed by atoms with Crippen molar-refractivity contribution in [2.45, 2.75) is 24.8 Å². The summed E-state index contributed by atoms with van der Waals surface area (Å²) in [5, 5.41) is 18.2. The van der Waals surface area contributed by atoms with Gasteiger partial charge in [0.2, 0.25) is 5.91 Å². The number of hydrogen-bond acceptors (Lipinski definition) is 6. The largest absolute Gasteiger partial charge is 0.381 e. The molecule has 0 aliphatic carbocycles. The van der Waals surface area contributed by atoms with Crippen molar-refractivity contribution in [2.75, 3.05) is 13.2 Å². The molecule has 0 spiro atoms. The number of hydrogen-bond donors (Lipinski definition) is 1. The Morgan fingerprint density at radius 1 is 1.07 bits per heavy atom. The molecule has 4 aromatic rings. The zero-order valence-corrected chi connectivity index (χ0v) is 17.1. The molecule has 3 aromatic heterocycles. The van der Waals surface area contributed by atoms with Crippen molar-refractivity contribution >= 4 is 22.9 Å². The molecule has 0 bridgehead atoms. The first-order valence-corrected chi connectivity index (χ1v) is 10.8. The molecule has 0 unspecified atom stereocenters. The van der Waals surface area contributed by atoms with E-state index < -0.39 is 5.41 Å². The van der Waals surface area contributed by atoms with E-state index in [1.807, 2.05) is 60.0 Å². The number of benzene rings is 1. The molecule has 0 radical (unpaired) electrons. The van der Waals surface area contributed by atoms with Crippen LogP contribution in [0, 0.1) is 0 Å². The van der Waals surface area contributed by atoms with Gasteiger partial charge in [0.15, 0.2) is 11.5 Å². The van der Waals surface area contributed by atoms with Crippen molar-refractivity contribution in [3.8, 4) is 10.6 Å². The van der Waals surface area contributed by atoms with Gasteiger partial charge in [0, 0.05) is 13.2 Å². The van der Waals surface area contributed by atoms with Gasteiger partial charge in [-0.2, -0.15) is 9.61 Å². The minimum atomic E-state index is -0.588. The maximum atomic E-state index is 13.4. The normalized spacial score (nSPS) is 15.9. The lowest BCUT2D eigenvalue weighted by molar-refractivity contribution is -0.130. The van der Waals surface area contributed by atoms with E-state index in [0.717, 1.165) is 16.1 Å². The summed E-state index contributed by atoms with van der Waals surface area (Å²) in [6, 6.07) is 17.8. The summed E-state index contributed by atoms with van der Waals surface area (Å²) in [5.41, 5.74) is 1.95. The molecule has 0 saturated carbocycles. The smallest absolute Gasteiger partial charge is 0.231 e. The average Bonchev–Trinajstić information content (AvgIpc) is 3.48. The number of rotatable bonds is 5. The van der Waals surface area contributed by atoms with E-state index in [-0.39, 0.29) is 12.5 Å². The van der Waals surface area contributed by atoms with Crippen LogP contribution in [0.15, 0.2) is 60.0 Å². The van der Waals surface area contributed by atoms with E-state index in [2.05, 4.69) is 20.6 Å². The van der Waals surface area contributed by atoms with Gasteiger partial charge in [-0.05, 0) is 42.0 Å². The molecule has 1 fully saturated rings. The highest BCUT2D eigenvalue weighted by atomic mass is 32.1. The molecule has 8 heteroatoms. The minimum Gasteiger partial charge on any atom is -0.381 e. The van der Waals surface area contributed by atoms with Gasteiger partial charge in [0.05, 0.1) is 16.8 Å². The van der Waals surface area contributed by atoms with Gasteiger partial charge >= 0.3 is 0 Å². The molecule has 0 atom stereocenters. The van der Waals surface area contributed by atoms with Crippen molar-refractivity contribution in [1.82, 2.24) is 25.1 Å². The summed E-state index contributed by atoms with van der Waals surface area (Å²) in [6.45, 7) is 1.40. The Morgan fingerprint density at radius 2 is 1.90 bits per heavy atom. The molecule has 152 valence electrons. The van der Waals surface area contributed by atoms with E-state index in [1.54, 1.807) is 15.9 Å². The van der Waals surface area contributed by atoms with Gasteiger partial charge in [-0.3, -0.25) is 4.79 Å². The third-order valence-corrected chi connectivity index (χ3v) is 6.51. The SMILES string of the molecule is O=C(NCc1nnc2ccc(-c3cccs3)nn12)C1(c2ccccc2)CCOCC1. The number of nitrogens with zero attached hydrogens (tertiary/aromatic N) is 4. The van der Waals surface area contributed by atoms with Gasteiger partial charge in [0.1, 0.15) is 5.69 Å². The Hall–Kier alpha value is -3.10. The van der Waals surface area contributed by atoms with Crippen LogP contribution in [0.3, 0.4) is 0 Å². The van der Waals surface area contributed by atoms with Crippen LogP contribution in [-0.4, -0.2) is 38.9 Å². The summed E-state index contributed by atoms with van der Waals surface area (Å²) < 4.78 is 7.24. The van der Waals surface area contributed by atoms with E-state index in [1.165, 1.54) is 0 Å². The zero-order valence-electron chi connectivity index (χ0n) is 16.3. The first kappa shape index (κ1) is 18.9. The van der Waals surface area contributed by atoms with Gasteiger partial charge in [-0.15, -0.1) is 21.5 Å². The molecular weight excluding hydrogens is 398 g/mol. The predicted octanol–water partition coefficient (Wildman–Crippen LogP) is 3.22. The van der Waals surface area contributed by atoms with Gasteiger partial charge in [-0.1, -0.05) is 36.4 Å². The molecule has 4 heterocycles. The molecule has 1 amide bonds. The minimum absolute atomic E-state index is 0.0110. The maximum absolute atomic E-state index is 13.4. The number of nitrogens with one attached hydrogen (secondary N) is 1. The van der Waals surface area contributed by atoms with Crippen LogP contribution in [0.5, 0.6) is 0 Å². The number of amides is 1. The Morgan fingerprint density at radius 3 is 2.67 bits per heavy atom. The number of carbonyl (C=O) groups excluding carboxylic acids is 1. The lowest BCUT2D eigenvalue weighted by Crippen LogP contribution is -2.48. The fraction of sp³-hybridized carbons (Fsp3) is 0.273. The molecule has 1 aliphatic rings. The van der Waals surface area contributed by atoms with Crippen molar-refractivity contribution in [3.05, 3.63) is 71.4 Å². The molecule has 1 saturated heterocycles. The van der Waals surface area contributed by atoms with Crippen LogP contribution in [-0.2, 0) is 21.5 Å². The van der Waals surface area contributed by atoms with E-state index in [4.69, 9.17) is 4.74 Å². The van der Waals surface area contributed by atoms with Crippen LogP contribution in [0.25, 0.3) is 16.2 Å². The van der Waals surface area contributed by atoms with E-state index in [9.17, 15) is 4.79 Å². The van der Waals surface area contributed by atoms with E-state index >= 15 is 0 Å². The van der Waals surface area contributed by atoms with E-state index in [0.29, 0.717) is 37.5 Å². The second kappa shape index (κ2) is 7.97. The second-order valence-electron chi connectivity index (χ2n) is 7.33. The Bertz CT molecular complexity index is 1150. The zero-order chi connectivity index (χ0) is 20.4. The summed E-state index contributed by atoms with van der Waals surface area (Å²) in [6.07, 6.45) is 1.31. The standard InChI is InChI=1S/C22H21N5O2S/c28-21(22(10-12-29-13-11-22)16-5-2-1-3-6-16)23-15-20-25-24-19-9-8-17(26-27(19)20)18-7-4-14-30-18/h1-9,14H,10-13,15H2,(H,23,28). The number of thiophene rings is 1. The molecular formula is C22H21N5O2S. The van der Waals surface area contributed by atoms with Crippen molar-refractivity contribution in [1.29, 1.82) is 0 Å². The maximum Gasteiger partial charge on any atom is 0.231 e. The molecule has 30 heavy (non-hydrogen) atoms. The second-order valence-corrected chi connectivity index (χ2v) is 8.27. The summed E-state index contributed by atoms with van der Waals surface area (Å²) >= 11 is 1.63. The van der Waals surface area contributed by atoms with Crippen LogP contribution in [0.2, 0.25) is 0 Å². The summed E-state index contributed by atoms with van der Waals surface area (Å²) in [5.74, 6) is 0.593. The highest BCUT2D eigenvalue weighted by Gasteiger charge is 2.41. The highest BCUT2D eigenvalue weighted by molar-refractivity contribution is 7.13. The first-order valence-electron chi connectivity index (χ1n) is 9.93. The molecule has 1 aromatic carbocycles. The molecule has 1 N–H and O–H groups in total. The third-order valence-electron chi connectivity index (χ3n) is 5.62. The number of carbonyl (C=O) groups is 1. The topological polar surface area (TPSA) is 81.4 Å². The van der Waals surface area contributed by atoms with Crippen LogP contribution in [0.1, 0.15) is 24.2 Å². The lowest BCUT2D eigenvalue weighted by atomic mass is 9.73. The van der Waals surface area contributed by atoms with Crippen LogP contribution >= 0.6 is 11.3 Å². The summed E-state index contributed by atoms with van der Waals surface area (Å²) in [7, 11) is 0. The Kier molecular flexibility index (Phi) is 5.02. The third kappa shape index (κ3) is 3.38. The Labute approximate surface area is 177 Å². The number of ether oxygens (including phenoxy) is 1. The highest BCUT2D eigenvalue weighted by Crippen LogP contribution is 2.35. The van der Waals surface area contributed by atoms with Crippen molar-refractivity contribution in [2.24, 2.45) is 0 Å². The predicted molar refractivity (Wildman–Crippen MR) is 114 cm³/mol. The number of fused-ring (bicyclic) bond motifs is 1. The van der Waals surface area contributed by atoms with Crippen LogP contribution < -0.4 is 5.32 Å². The van der Waals surface area contributed by atoms with Crippen molar-refractivity contribution in [3.63, 3.8) is 0 Å². The number of aromatic nitrogens is 4. The molecule has 5 rings (SSSR count). The fourth-order valence-electron chi connectivity index (χ4n) is 3.95. The van der Waals surface area contributed by atoms with Gasteiger partial charge in [0.25, 0.3) is 0 Å². The van der Waals surface area contributed by atoms with Gasteiger partial charge in [-0.25, -0.2) is 0 Å². The fourth-order valence-corrected chi connectivity index (χ4v) is 4.64. The molecule has 7 nitrogen and oxygen atoms in total. The van der Waals surface area contributed by atoms with Gasteiger partial charge < -0.3 is 10.1 Å². The summed E-state index contributed by atoms with van der Waals surface area (Å²) in [4.78, 5) is 14.4. The lowest BCUT2D eigenvalue weighted by Gasteiger charge is -2.36. The van der Waals surface area contributed by atoms with Crippen LogP contribution in [0.4, 0.5) is 0 Å². The average molecular weight is 420 g/mol.